The Morgan fingerprint density at radius 1 is 1.11 bits per heavy atom. The number of amides is 4. The number of imide groups is 1. The third-order valence-electron chi connectivity index (χ3n) is 4.56. The Bertz CT molecular complexity index is 882. The molecule has 146 valence electrons. The van der Waals surface area contributed by atoms with Crippen molar-refractivity contribution in [2.75, 3.05) is 17.3 Å². The first-order valence-electron chi connectivity index (χ1n) is 9.07. The van der Waals surface area contributed by atoms with Gasteiger partial charge in [-0.15, -0.1) is 0 Å². The minimum Gasteiger partial charge on any atom is -0.497 e. The van der Waals surface area contributed by atoms with Gasteiger partial charge in [0.1, 0.15) is 11.8 Å². The minimum atomic E-state index is -0.859. The van der Waals surface area contributed by atoms with E-state index in [9.17, 15) is 14.4 Å². The van der Waals surface area contributed by atoms with E-state index in [0.717, 1.165) is 4.90 Å². The molecule has 1 atom stereocenters. The average Bonchev–Trinajstić information content (AvgIpc) is 2.92. The van der Waals surface area contributed by atoms with Crippen LogP contribution in [-0.2, 0) is 9.59 Å². The molecule has 0 spiro atoms. The SMILES string of the molecule is COc1cccc(N2C(=O)C(CC(=O)Nc3ccccc3)N(C(C)C)C2=O)c1. The molecule has 7 heteroatoms. The Kier molecular flexibility index (Phi) is 5.63. The van der Waals surface area contributed by atoms with Gasteiger partial charge in [0.25, 0.3) is 5.91 Å². The second-order valence-electron chi connectivity index (χ2n) is 6.79. The first-order chi connectivity index (χ1) is 13.4. The molecule has 4 amide bonds. The summed E-state index contributed by atoms with van der Waals surface area (Å²) in [5, 5.41) is 2.77. The fourth-order valence-electron chi connectivity index (χ4n) is 3.27. The summed E-state index contributed by atoms with van der Waals surface area (Å²) in [6, 6.07) is 14.2. The van der Waals surface area contributed by atoms with Gasteiger partial charge in [-0.05, 0) is 38.1 Å². The lowest BCUT2D eigenvalue weighted by Crippen LogP contribution is -2.42. The van der Waals surface area contributed by atoms with Crippen molar-refractivity contribution in [2.24, 2.45) is 0 Å². The summed E-state index contributed by atoms with van der Waals surface area (Å²) in [6.45, 7) is 3.64. The highest BCUT2D eigenvalue weighted by molar-refractivity contribution is 6.22. The fourth-order valence-corrected chi connectivity index (χ4v) is 3.27. The number of ether oxygens (including phenoxy) is 1. The Morgan fingerprint density at radius 2 is 1.82 bits per heavy atom. The van der Waals surface area contributed by atoms with Gasteiger partial charge in [-0.25, -0.2) is 9.69 Å². The summed E-state index contributed by atoms with van der Waals surface area (Å²) in [6.07, 6.45) is -0.113. The number of carbonyl (C=O) groups excluding carboxylic acids is 3. The number of para-hydroxylation sites is 1. The van der Waals surface area contributed by atoms with Crippen molar-refractivity contribution in [3.63, 3.8) is 0 Å². The van der Waals surface area contributed by atoms with Crippen molar-refractivity contribution in [2.45, 2.75) is 32.4 Å². The summed E-state index contributed by atoms with van der Waals surface area (Å²) < 4.78 is 5.19. The van der Waals surface area contributed by atoms with Gasteiger partial charge in [-0.3, -0.25) is 9.59 Å². The van der Waals surface area contributed by atoms with Crippen LogP contribution in [0.2, 0.25) is 0 Å². The predicted molar refractivity (Wildman–Crippen MR) is 106 cm³/mol. The lowest BCUT2D eigenvalue weighted by molar-refractivity contribution is -0.124. The fraction of sp³-hybridized carbons (Fsp3) is 0.286. The van der Waals surface area contributed by atoms with Crippen LogP contribution in [0, 0.1) is 0 Å². The van der Waals surface area contributed by atoms with Crippen LogP contribution in [0.25, 0.3) is 0 Å². The number of urea groups is 1. The van der Waals surface area contributed by atoms with Crippen molar-refractivity contribution in [1.29, 1.82) is 0 Å². The molecule has 1 aliphatic rings. The van der Waals surface area contributed by atoms with Crippen LogP contribution in [0.5, 0.6) is 5.75 Å². The predicted octanol–water partition coefficient (Wildman–Crippen LogP) is 3.27. The normalized spacial score (nSPS) is 16.6. The zero-order valence-electron chi connectivity index (χ0n) is 16.1. The van der Waals surface area contributed by atoms with Gasteiger partial charge in [-0.1, -0.05) is 24.3 Å². The third kappa shape index (κ3) is 3.83. The summed E-state index contributed by atoms with van der Waals surface area (Å²) in [4.78, 5) is 41.1. The number of methoxy groups -OCH3 is 1. The van der Waals surface area contributed by atoms with Crippen LogP contribution in [0.4, 0.5) is 16.2 Å². The molecule has 0 bridgehead atoms. The number of nitrogens with one attached hydrogen (secondary N) is 1. The first kappa shape index (κ1) is 19.4. The average molecular weight is 381 g/mol. The highest BCUT2D eigenvalue weighted by Gasteiger charge is 2.47. The van der Waals surface area contributed by atoms with Crippen molar-refractivity contribution in [3.05, 3.63) is 54.6 Å². The number of hydrogen-bond acceptors (Lipinski definition) is 4. The van der Waals surface area contributed by atoms with Gasteiger partial charge in [0, 0.05) is 17.8 Å². The van der Waals surface area contributed by atoms with Crippen LogP contribution >= 0.6 is 0 Å². The molecule has 1 heterocycles. The molecule has 2 aromatic rings. The number of anilines is 2. The number of nitrogens with zero attached hydrogens (tertiary/aromatic N) is 2. The zero-order valence-corrected chi connectivity index (χ0v) is 16.1. The molecule has 3 rings (SSSR count). The van der Waals surface area contributed by atoms with Gasteiger partial charge in [0.15, 0.2) is 0 Å². The molecule has 0 aliphatic carbocycles. The minimum absolute atomic E-state index is 0.113. The van der Waals surface area contributed by atoms with Gasteiger partial charge in [0.05, 0.1) is 19.2 Å². The van der Waals surface area contributed by atoms with E-state index in [1.54, 1.807) is 36.4 Å². The number of benzene rings is 2. The van der Waals surface area contributed by atoms with Crippen molar-refractivity contribution in [3.8, 4) is 5.75 Å². The van der Waals surface area contributed by atoms with Crippen molar-refractivity contribution in [1.82, 2.24) is 4.90 Å². The Morgan fingerprint density at radius 3 is 2.46 bits per heavy atom. The highest BCUT2D eigenvalue weighted by Crippen LogP contribution is 2.30. The Hall–Kier alpha value is -3.35. The molecule has 28 heavy (non-hydrogen) atoms. The van der Waals surface area contributed by atoms with Gasteiger partial charge in [0.2, 0.25) is 5.91 Å². The molecule has 1 fully saturated rings. The molecule has 0 radical (unpaired) electrons. The number of rotatable bonds is 6. The topological polar surface area (TPSA) is 79.0 Å². The van der Waals surface area contributed by atoms with E-state index >= 15 is 0 Å². The summed E-state index contributed by atoms with van der Waals surface area (Å²) in [7, 11) is 1.52. The lowest BCUT2D eigenvalue weighted by Gasteiger charge is -2.25. The summed E-state index contributed by atoms with van der Waals surface area (Å²) >= 11 is 0. The first-order valence-corrected chi connectivity index (χ1v) is 9.07. The second kappa shape index (κ2) is 8.12. The van der Waals surface area contributed by atoms with E-state index in [4.69, 9.17) is 4.74 Å². The molecule has 1 N–H and O–H groups in total. The molecular formula is C21H23N3O4. The standard InChI is InChI=1S/C21H23N3O4/c1-14(2)23-18(13-19(25)22-15-8-5-4-6-9-15)20(26)24(21(23)27)16-10-7-11-17(12-16)28-3/h4-12,14,18H,13H2,1-3H3,(H,22,25). The van der Waals surface area contributed by atoms with E-state index in [1.165, 1.54) is 12.0 Å². The Labute approximate surface area is 163 Å². The van der Waals surface area contributed by atoms with E-state index in [2.05, 4.69) is 5.32 Å². The van der Waals surface area contributed by atoms with Crippen LogP contribution in [0.1, 0.15) is 20.3 Å². The van der Waals surface area contributed by atoms with E-state index in [0.29, 0.717) is 17.1 Å². The highest BCUT2D eigenvalue weighted by atomic mass is 16.5. The zero-order chi connectivity index (χ0) is 20.3. The molecule has 7 nitrogen and oxygen atoms in total. The van der Waals surface area contributed by atoms with Crippen molar-refractivity contribution < 1.29 is 19.1 Å². The monoisotopic (exact) mass is 381 g/mol. The summed E-state index contributed by atoms with van der Waals surface area (Å²) in [5.74, 6) is -0.204. The van der Waals surface area contributed by atoms with E-state index < -0.39 is 18.0 Å². The second-order valence-corrected chi connectivity index (χ2v) is 6.79. The largest absolute Gasteiger partial charge is 0.497 e. The lowest BCUT2D eigenvalue weighted by atomic mass is 10.1. The smallest absolute Gasteiger partial charge is 0.332 e. The van der Waals surface area contributed by atoms with E-state index in [-0.39, 0.29) is 18.4 Å². The van der Waals surface area contributed by atoms with Gasteiger partial charge < -0.3 is 15.0 Å². The van der Waals surface area contributed by atoms with E-state index in [1.807, 2.05) is 32.0 Å². The molecule has 2 aromatic carbocycles. The number of carbonyl (C=O) groups is 3. The van der Waals surface area contributed by atoms with Crippen LogP contribution < -0.4 is 15.0 Å². The molecule has 1 saturated heterocycles. The van der Waals surface area contributed by atoms with Gasteiger partial charge >= 0.3 is 6.03 Å². The van der Waals surface area contributed by atoms with Crippen LogP contribution in [-0.4, -0.2) is 41.9 Å². The van der Waals surface area contributed by atoms with Gasteiger partial charge in [-0.2, -0.15) is 0 Å². The molecule has 1 unspecified atom stereocenters. The van der Waals surface area contributed by atoms with Crippen LogP contribution in [0.15, 0.2) is 54.6 Å². The number of hydrogen-bond donors (Lipinski definition) is 1. The molecule has 1 aliphatic heterocycles. The molecular weight excluding hydrogens is 358 g/mol. The molecule has 0 saturated carbocycles. The Balaban J connectivity index is 1.84. The third-order valence-corrected chi connectivity index (χ3v) is 4.56. The summed E-state index contributed by atoms with van der Waals surface area (Å²) in [5.41, 5.74) is 1.07. The maximum atomic E-state index is 13.1. The maximum absolute atomic E-state index is 13.1. The molecule has 0 aromatic heterocycles. The van der Waals surface area contributed by atoms with Crippen LogP contribution in [0.3, 0.4) is 0 Å². The maximum Gasteiger partial charge on any atom is 0.332 e. The quantitative estimate of drug-likeness (QED) is 0.779. The van der Waals surface area contributed by atoms with Crippen molar-refractivity contribution >= 4 is 29.2 Å².